The smallest absolute Gasteiger partial charge is 0.306 e. The molecular formula is C15H20O4. The lowest BCUT2D eigenvalue weighted by atomic mass is 10.2. The monoisotopic (exact) mass is 264 g/mol. The highest BCUT2D eigenvalue weighted by atomic mass is 16.5. The van der Waals surface area contributed by atoms with Gasteiger partial charge in [-0.2, -0.15) is 0 Å². The van der Waals surface area contributed by atoms with Gasteiger partial charge in [0.25, 0.3) is 0 Å². The van der Waals surface area contributed by atoms with Crippen LogP contribution in [0.25, 0.3) is 0 Å². The lowest BCUT2D eigenvalue weighted by Crippen LogP contribution is -2.08. The maximum Gasteiger partial charge on any atom is 0.306 e. The summed E-state index contributed by atoms with van der Waals surface area (Å²) >= 11 is 0. The van der Waals surface area contributed by atoms with E-state index in [0.29, 0.717) is 13.0 Å². The highest BCUT2D eigenvalue weighted by Gasteiger charge is 2.07. The van der Waals surface area contributed by atoms with E-state index in [4.69, 9.17) is 9.47 Å². The zero-order chi connectivity index (χ0) is 14.1. The molecule has 1 aromatic carbocycles. The quantitative estimate of drug-likeness (QED) is 0.711. The highest BCUT2D eigenvalue weighted by Crippen LogP contribution is 2.06. The first-order chi connectivity index (χ1) is 9.11. The van der Waals surface area contributed by atoms with E-state index in [2.05, 4.69) is 0 Å². The molecule has 0 aliphatic carbocycles. The van der Waals surface area contributed by atoms with E-state index in [1.165, 1.54) is 5.56 Å². The van der Waals surface area contributed by atoms with Crippen LogP contribution in [0.4, 0.5) is 0 Å². The van der Waals surface area contributed by atoms with E-state index >= 15 is 0 Å². The van der Waals surface area contributed by atoms with Crippen LogP contribution in [0, 0.1) is 6.92 Å². The van der Waals surface area contributed by atoms with Crippen LogP contribution in [-0.4, -0.2) is 18.5 Å². The Bertz CT molecular complexity index is 409. The van der Waals surface area contributed by atoms with Crippen LogP contribution in [-0.2, 0) is 25.7 Å². The molecule has 0 radical (unpaired) electrons. The van der Waals surface area contributed by atoms with Gasteiger partial charge in [0.1, 0.15) is 6.61 Å². The summed E-state index contributed by atoms with van der Waals surface area (Å²) in [4.78, 5) is 22.5. The van der Waals surface area contributed by atoms with Crippen molar-refractivity contribution in [3.05, 3.63) is 35.4 Å². The standard InChI is InChI=1S/C15H20O4/c1-3-18-14(16)5-4-6-15(17)19-11-13-9-7-12(2)8-10-13/h7-10H,3-6,11H2,1-2H3. The molecule has 19 heavy (non-hydrogen) atoms. The SMILES string of the molecule is CCOC(=O)CCCC(=O)OCc1ccc(C)cc1. The molecule has 0 bridgehead atoms. The van der Waals surface area contributed by atoms with E-state index in [1.807, 2.05) is 31.2 Å². The van der Waals surface area contributed by atoms with Gasteiger partial charge >= 0.3 is 11.9 Å². The van der Waals surface area contributed by atoms with E-state index < -0.39 is 0 Å². The number of carbonyl (C=O) groups is 2. The van der Waals surface area contributed by atoms with Gasteiger partial charge in [-0.25, -0.2) is 0 Å². The van der Waals surface area contributed by atoms with Gasteiger partial charge in [-0.15, -0.1) is 0 Å². The Morgan fingerprint density at radius 3 is 2.16 bits per heavy atom. The zero-order valence-corrected chi connectivity index (χ0v) is 11.5. The molecule has 0 N–H and O–H groups in total. The van der Waals surface area contributed by atoms with E-state index in [-0.39, 0.29) is 31.4 Å². The van der Waals surface area contributed by atoms with Gasteiger partial charge in [0.15, 0.2) is 0 Å². The van der Waals surface area contributed by atoms with Crippen molar-refractivity contribution >= 4 is 11.9 Å². The molecule has 0 heterocycles. The molecule has 0 spiro atoms. The lowest BCUT2D eigenvalue weighted by molar-refractivity contribution is -0.146. The van der Waals surface area contributed by atoms with Crippen LogP contribution >= 0.6 is 0 Å². The number of hydrogen-bond acceptors (Lipinski definition) is 4. The van der Waals surface area contributed by atoms with E-state index in [1.54, 1.807) is 6.92 Å². The second-order valence-corrected chi connectivity index (χ2v) is 4.30. The minimum absolute atomic E-state index is 0.241. The van der Waals surface area contributed by atoms with Crippen molar-refractivity contribution in [1.29, 1.82) is 0 Å². The molecule has 0 amide bonds. The molecule has 0 saturated carbocycles. The molecule has 0 saturated heterocycles. The maximum atomic E-state index is 11.4. The molecule has 1 aromatic rings. The first-order valence-corrected chi connectivity index (χ1v) is 6.48. The van der Waals surface area contributed by atoms with Gasteiger partial charge in [-0.05, 0) is 25.8 Å². The summed E-state index contributed by atoms with van der Waals surface area (Å²) in [6.07, 6.45) is 0.962. The van der Waals surface area contributed by atoms with Gasteiger partial charge in [0.05, 0.1) is 6.61 Å². The fraction of sp³-hybridized carbons (Fsp3) is 0.467. The first kappa shape index (κ1) is 15.2. The summed E-state index contributed by atoms with van der Waals surface area (Å²) in [7, 11) is 0. The number of ether oxygens (including phenoxy) is 2. The average Bonchev–Trinajstić information content (AvgIpc) is 2.38. The lowest BCUT2D eigenvalue weighted by Gasteiger charge is -2.05. The Kier molecular flexibility index (Phi) is 6.64. The molecule has 104 valence electrons. The van der Waals surface area contributed by atoms with Gasteiger partial charge < -0.3 is 9.47 Å². The third-order valence-electron chi connectivity index (χ3n) is 2.59. The van der Waals surface area contributed by atoms with Crippen LogP contribution in [0.15, 0.2) is 24.3 Å². The number of aryl methyl sites for hydroxylation is 1. The van der Waals surface area contributed by atoms with Crippen molar-refractivity contribution in [1.82, 2.24) is 0 Å². The predicted molar refractivity (Wildman–Crippen MR) is 71.5 cm³/mol. The van der Waals surface area contributed by atoms with Gasteiger partial charge in [0, 0.05) is 12.8 Å². The predicted octanol–water partition coefficient (Wildman–Crippen LogP) is 2.77. The highest BCUT2D eigenvalue weighted by molar-refractivity contribution is 5.72. The minimum Gasteiger partial charge on any atom is -0.466 e. The summed E-state index contributed by atoms with van der Waals surface area (Å²) in [5, 5.41) is 0. The second kappa shape index (κ2) is 8.29. The maximum absolute atomic E-state index is 11.4. The van der Waals surface area contributed by atoms with Gasteiger partial charge in [0.2, 0.25) is 0 Å². The number of esters is 2. The molecule has 0 fully saturated rings. The van der Waals surface area contributed by atoms with Crippen molar-refractivity contribution in [3.8, 4) is 0 Å². The average molecular weight is 264 g/mol. The Labute approximate surface area is 113 Å². The van der Waals surface area contributed by atoms with Crippen LogP contribution < -0.4 is 0 Å². The molecule has 1 rings (SSSR count). The molecule has 0 aliphatic heterocycles. The van der Waals surface area contributed by atoms with Crippen LogP contribution in [0.1, 0.15) is 37.3 Å². The van der Waals surface area contributed by atoms with Crippen molar-refractivity contribution in [2.45, 2.75) is 39.7 Å². The van der Waals surface area contributed by atoms with Gasteiger partial charge in [-0.3, -0.25) is 9.59 Å². The van der Waals surface area contributed by atoms with Crippen molar-refractivity contribution in [3.63, 3.8) is 0 Å². The Hall–Kier alpha value is -1.84. The number of rotatable bonds is 7. The number of benzene rings is 1. The Morgan fingerprint density at radius 1 is 1.00 bits per heavy atom. The molecule has 0 aromatic heterocycles. The van der Waals surface area contributed by atoms with Crippen LogP contribution in [0.2, 0.25) is 0 Å². The van der Waals surface area contributed by atoms with Crippen LogP contribution in [0.3, 0.4) is 0 Å². The molecule has 0 aliphatic rings. The number of carbonyl (C=O) groups excluding carboxylic acids is 2. The summed E-state index contributed by atoms with van der Waals surface area (Å²) < 4.78 is 9.89. The largest absolute Gasteiger partial charge is 0.466 e. The minimum atomic E-state index is -0.287. The number of hydrogen-bond donors (Lipinski definition) is 0. The topological polar surface area (TPSA) is 52.6 Å². The normalized spacial score (nSPS) is 10.0. The van der Waals surface area contributed by atoms with Crippen LogP contribution in [0.5, 0.6) is 0 Å². The fourth-order valence-corrected chi connectivity index (χ4v) is 1.53. The molecule has 4 heteroatoms. The summed E-state index contributed by atoms with van der Waals surface area (Å²) in [6.45, 7) is 4.41. The van der Waals surface area contributed by atoms with Crippen molar-refractivity contribution < 1.29 is 19.1 Å². The van der Waals surface area contributed by atoms with E-state index in [9.17, 15) is 9.59 Å². The molecular weight excluding hydrogens is 244 g/mol. The summed E-state index contributed by atoms with van der Waals surface area (Å²) in [6, 6.07) is 7.82. The molecule has 0 atom stereocenters. The second-order valence-electron chi connectivity index (χ2n) is 4.30. The Balaban J connectivity index is 2.17. The van der Waals surface area contributed by atoms with Crippen molar-refractivity contribution in [2.24, 2.45) is 0 Å². The summed E-state index contributed by atoms with van der Waals surface area (Å²) in [5.74, 6) is -0.557. The van der Waals surface area contributed by atoms with Gasteiger partial charge in [-0.1, -0.05) is 29.8 Å². The third-order valence-corrected chi connectivity index (χ3v) is 2.59. The van der Waals surface area contributed by atoms with Crippen molar-refractivity contribution in [2.75, 3.05) is 6.61 Å². The third kappa shape index (κ3) is 6.60. The Morgan fingerprint density at radius 2 is 1.58 bits per heavy atom. The molecule has 4 nitrogen and oxygen atoms in total. The molecule has 0 unspecified atom stereocenters. The first-order valence-electron chi connectivity index (χ1n) is 6.48. The van der Waals surface area contributed by atoms with E-state index in [0.717, 1.165) is 5.56 Å². The summed E-state index contributed by atoms with van der Waals surface area (Å²) in [5.41, 5.74) is 2.13. The fourth-order valence-electron chi connectivity index (χ4n) is 1.53. The zero-order valence-electron chi connectivity index (χ0n) is 11.5.